The number of aromatic nitrogens is 2. The molecule has 0 saturated carbocycles. The molecule has 0 radical (unpaired) electrons. The van der Waals surface area contributed by atoms with E-state index in [0.717, 1.165) is 5.39 Å². The Kier molecular flexibility index (Phi) is 5.78. The van der Waals surface area contributed by atoms with Crippen LogP contribution < -0.4 is 15.8 Å². The lowest BCUT2D eigenvalue weighted by molar-refractivity contribution is 0.100. The molecule has 0 saturated heterocycles. The quantitative estimate of drug-likeness (QED) is 0.430. The number of nitrogens with one attached hydrogen (secondary N) is 1. The summed E-state index contributed by atoms with van der Waals surface area (Å²) < 4.78 is 6.99. The third-order valence-electron chi connectivity index (χ3n) is 5.00. The number of halogens is 2. The average Bonchev–Trinajstić information content (AvgIpc) is 3.14. The van der Waals surface area contributed by atoms with Crippen molar-refractivity contribution in [3.05, 3.63) is 81.6 Å². The Bertz CT molecular complexity index is 1380. The molecule has 0 aliphatic heterocycles. The summed E-state index contributed by atoms with van der Waals surface area (Å²) in [5.41, 5.74) is 7.44. The van der Waals surface area contributed by atoms with E-state index in [2.05, 4.69) is 10.3 Å². The lowest BCUT2D eigenvalue weighted by Crippen LogP contribution is -2.21. The fourth-order valence-electron chi connectivity index (χ4n) is 3.53. The molecular formula is C23H18Cl2N4O3. The summed E-state index contributed by atoms with van der Waals surface area (Å²) in [6.07, 6.45) is 1.59. The number of hydrogen-bond acceptors (Lipinski definition) is 4. The van der Waals surface area contributed by atoms with E-state index in [4.69, 9.17) is 33.7 Å². The molecule has 0 aliphatic rings. The van der Waals surface area contributed by atoms with Crippen molar-refractivity contribution in [3.63, 3.8) is 0 Å². The minimum Gasteiger partial charge on any atom is -0.497 e. The second-order valence-electron chi connectivity index (χ2n) is 7.06. The highest BCUT2D eigenvalue weighted by molar-refractivity contribution is 6.32. The van der Waals surface area contributed by atoms with E-state index < -0.39 is 11.8 Å². The van der Waals surface area contributed by atoms with Crippen LogP contribution in [0.25, 0.3) is 16.7 Å². The fraction of sp³-hybridized carbons (Fsp3) is 0.0870. The van der Waals surface area contributed by atoms with Gasteiger partial charge < -0.3 is 15.8 Å². The molecule has 2 aromatic carbocycles. The molecule has 4 aromatic rings. The van der Waals surface area contributed by atoms with E-state index in [1.807, 2.05) is 6.07 Å². The largest absolute Gasteiger partial charge is 0.497 e. The molecule has 3 N–H and O–H groups in total. The summed E-state index contributed by atoms with van der Waals surface area (Å²) in [6.45, 7) is 1.73. The number of nitrogens with two attached hydrogens (primary N) is 1. The van der Waals surface area contributed by atoms with Crippen molar-refractivity contribution in [1.29, 1.82) is 0 Å². The van der Waals surface area contributed by atoms with Crippen LogP contribution in [0.1, 0.15) is 26.4 Å². The summed E-state index contributed by atoms with van der Waals surface area (Å²) in [7, 11) is 1.56. The van der Waals surface area contributed by atoms with Crippen LogP contribution in [0, 0.1) is 6.92 Å². The van der Waals surface area contributed by atoms with Crippen molar-refractivity contribution in [2.24, 2.45) is 5.73 Å². The van der Waals surface area contributed by atoms with E-state index >= 15 is 0 Å². The standard InChI is InChI=1S/C23H18Cl2N4O3/c1-12-8-14(24)10-16(21(26)30)20(12)28-23(31)19-9-13-5-6-15(32-2)11-18(13)29(19)22-17(25)4-3-7-27-22/h3-11H,1-2H3,(H2,26,30)(H,28,31). The predicted molar refractivity (Wildman–Crippen MR) is 125 cm³/mol. The second kappa shape index (κ2) is 8.53. The zero-order valence-electron chi connectivity index (χ0n) is 17.1. The number of rotatable bonds is 5. The van der Waals surface area contributed by atoms with Crippen LogP contribution in [-0.4, -0.2) is 28.5 Å². The SMILES string of the molecule is COc1ccc2cc(C(=O)Nc3c(C)cc(Cl)cc3C(N)=O)n(-c3ncccc3Cl)c2c1. The number of pyridine rings is 1. The van der Waals surface area contributed by atoms with Gasteiger partial charge in [0.05, 0.1) is 28.9 Å². The number of methoxy groups -OCH3 is 1. The Hall–Kier alpha value is -3.55. The van der Waals surface area contributed by atoms with E-state index in [-0.39, 0.29) is 16.9 Å². The van der Waals surface area contributed by atoms with E-state index in [1.165, 1.54) is 6.07 Å². The van der Waals surface area contributed by atoms with Crippen LogP contribution in [0.5, 0.6) is 5.75 Å². The number of aryl methyl sites for hydroxylation is 1. The molecule has 7 nitrogen and oxygen atoms in total. The molecule has 2 amide bonds. The minimum absolute atomic E-state index is 0.114. The van der Waals surface area contributed by atoms with Crippen molar-refractivity contribution in [2.75, 3.05) is 12.4 Å². The molecule has 9 heteroatoms. The van der Waals surface area contributed by atoms with Crippen LogP contribution in [0.15, 0.2) is 54.7 Å². The first-order valence-corrected chi connectivity index (χ1v) is 10.3. The fourth-order valence-corrected chi connectivity index (χ4v) is 4.00. The average molecular weight is 469 g/mol. The number of nitrogens with zero attached hydrogens (tertiary/aromatic N) is 2. The molecule has 4 rings (SSSR count). The number of carbonyl (C=O) groups is 2. The first-order chi connectivity index (χ1) is 15.3. The van der Waals surface area contributed by atoms with E-state index in [9.17, 15) is 9.59 Å². The second-order valence-corrected chi connectivity index (χ2v) is 7.91. The third-order valence-corrected chi connectivity index (χ3v) is 5.51. The number of carbonyl (C=O) groups excluding carboxylic acids is 2. The van der Waals surface area contributed by atoms with Crippen LogP contribution in [-0.2, 0) is 0 Å². The zero-order valence-corrected chi connectivity index (χ0v) is 18.7. The molecule has 0 bridgehead atoms. The number of anilines is 1. The highest BCUT2D eigenvalue weighted by Gasteiger charge is 2.22. The van der Waals surface area contributed by atoms with Gasteiger partial charge >= 0.3 is 0 Å². The van der Waals surface area contributed by atoms with Gasteiger partial charge in [0.15, 0.2) is 5.82 Å². The van der Waals surface area contributed by atoms with Gasteiger partial charge in [-0.3, -0.25) is 14.2 Å². The van der Waals surface area contributed by atoms with Crippen molar-refractivity contribution in [1.82, 2.24) is 9.55 Å². The molecule has 2 aromatic heterocycles. The highest BCUT2D eigenvalue weighted by atomic mass is 35.5. The normalized spacial score (nSPS) is 10.9. The van der Waals surface area contributed by atoms with Gasteiger partial charge in [-0.1, -0.05) is 23.2 Å². The molecule has 0 fully saturated rings. The van der Waals surface area contributed by atoms with Crippen molar-refractivity contribution in [2.45, 2.75) is 6.92 Å². The lowest BCUT2D eigenvalue weighted by atomic mass is 10.1. The summed E-state index contributed by atoms with van der Waals surface area (Å²) in [6, 6.07) is 13.6. The summed E-state index contributed by atoms with van der Waals surface area (Å²) >= 11 is 12.5. The topological polar surface area (TPSA) is 99.2 Å². The number of hydrogen-bond donors (Lipinski definition) is 2. The maximum Gasteiger partial charge on any atom is 0.272 e. The monoisotopic (exact) mass is 468 g/mol. The third kappa shape index (κ3) is 3.88. The van der Waals surface area contributed by atoms with Gasteiger partial charge in [-0.2, -0.15) is 0 Å². The molecule has 162 valence electrons. The molecule has 0 unspecified atom stereocenters. The van der Waals surface area contributed by atoms with Crippen LogP contribution in [0.4, 0.5) is 5.69 Å². The number of benzene rings is 2. The Balaban J connectivity index is 1.90. The van der Waals surface area contributed by atoms with Gasteiger partial charge in [-0.15, -0.1) is 0 Å². The Morgan fingerprint density at radius 3 is 2.59 bits per heavy atom. The van der Waals surface area contributed by atoms with Gasteiger partial charge in [-0.25, -0.2) is 4.98 Å². The van der Waals surface area contributed by atoms with E-state index in [0.29, 0.717) is 32.7 Å². The molecule has 0 atom stereocenters. The molecule has 0 spiro atoms. The van der Waals surface area contributed by atoms with Crippen LogP contribution in [0.3, 0.4) is 0 Å². The first-order valence-electron chi connectivity index (χ1n) is 9.52. The van der Waals surface area contributed by atoms with Crippen molar-refractivity contribution in [3.8, 4) is 11.6 Å². The minimum atomic E-state index is -0.705. The highest BCUT2D eigenvalue weighted by Crippen LogP contribution is 2.31. The maximum atomic E-state index is 13.4. The number of fused-ring (bicyclic) bond motifs is 1. The summed E-state index contributed by atoms with van der Waals surface area (Å²) in [5.74, 6) is -0.190. The predicted octanol–water partition coefficient (Wildman–Crippen LogP) is 5.00. The Labute approximate surface area is 193 Å². The van der Waals surface area contributed by atoms with Gasteiger partial charge in [0, 0.05) is 22.7 Å². The number of ether oxygens (including phenoxy) is 1. The van der Waals surface area contributed by atoms with Crippen molar-refractivity contribution >= 4 is 51.6 Å². The van der Waals surface area contributed by atoms with Crippen LogP contribution >= 0.6 is 23.2 Å². The molecule has 32 heavy (non-hydrogen) atoms. The van der Waals surface area contributed by atoms with Gasteiger partial charge in [-0.05, 0) is 55.0 Å². The van der Waals surface area contributed by atoms with Gasteiger partial charge in [0.1, 0.15) is 11.4 Å². The molecular weight excluding hydrogens is 451 g/mol. The van der Waals surface area contributed by atoms with Crippen molar-refractivity contribution < 1.29 is 14.3 Å². The van der Waals surface area contributed by atoms with E-state index in [1.54, 1.807) is 61.2 Å². The zero-order chi connectivity index (χ0) is 23.0. The number of amides is 2. The van der Waals surface area contributed by atoms with Crippen LogP contribution in [0.2, 0.25) is 10.0 Å². The lowest BCUT2D eigenvalue weighted by Gasteiger charge is -2.15. The Morgan fingerprint density at radius 1 is 1.12 bits per heavy atom. The number of primary amides is 1. The summed E-state index contributed by atoms with van der Waals surface area (Å²) in [4.78, 5) is 29.8. The molecule has 0 aliphatic carbocycles. The Morgan fingerprint density at radius 2 is 1.91 bits per heavy atom. The van der Waals surface area contributed by atoms with Gasteiger partial charge in [0.25, 0.3) is 11.8 Å². The molecule has 2 heterocycles. The first kappa shape index (κ1) is 21.7. The maximum absolute atomic E-state index is 13.4. The van der Waals surface area contributed by atoms with Gasteiger partial charge in [0.2, 0.25) is 0 Å². The summed E-state index contributed by atoms with van der Waals surface area (Å²) in [5, 5.41) is 4.29. The smallest absolute Gasteiger partial charge is 0.272 e.